The van der Waals surface area contributed by atoms with Crippen LogP contribution in [0.15, 0.2) is 0 Å². The molecule has 0 aromatic carbocycles. The second-order valence-electron chi connectivity index (χ2n) is 4.96. The predicted molar refractivity (Wildman–Crippen MR) is 64.0 cm³/mol. The van der Waals surface area contributed by atoms with Crippen LogP contribution in [0.3, 0.4) is 0 Å². The van der Waals surface area contributed by atoms with Crippen molar-refractivity contribution in [1.82, 2.24) is 15.1 Å². The Labute approximate surface area is 98.0 Å². The Bertz CT molecular complexity index is 265. The molecule has 0 spiro atoms. The average Bonchev–Trinajstić information content (AvgIpc) is 3.03. The fraction of sp³-hybridized carbons (Fsp3) is 0.917. The van der Waals surface area contributed by atoms with Gasteiger partial charge in [-0.1, -0.05) is 6.92 Å². The van der Waals surface area contributed by atoms with E-state index in [0.717, 1.165) is 25.7 Å². The van der Waals surface area contributed by atoms with Crippen LogP contribution in [-0.2, 0) is 4.79 Å². The molecule has 0 aromatic rings. The Morgan fingerprint density at radius 3 is 2.56 bits per heavy atom. The smallest absolute Gasteiger partial charge is 0.240 e. The van der Waals surface area contributed by atoms with Gasteiger partial charge in [-0.2, -0.15) is 0 Å². The summed E-state index contributed by atoms with van der Waals surface area (Å²) >= 11 is 0. The van der Waals surface area contributed by atoms with Crippen molar-refractivity contribution in [2.24, 2.45) is 0 Å². The van der Waals surface area contributed by atoms with Crippen LogP contribution >= 0.6 is 0 Å². The van der Waals surface area contributed by atoms with E-state index in [0.29, 0.717) is 0 Å². The standard InChI is InChI=1S/C12H23N3O/c1-4-14(11-5-6-11)7-8-15-10(3)13-9(2)12(15)16/h9-11,13H,4-8H2,1-3H3. The lowest BCUT2D eigenvalue weighted by Crippen LogP contribution is -2.41. The number of hydrogen-bond donors (Lipinski definition) is 1. The van der Waals surface area contributed by atoms with E-state index in [4.69, 9.17) is 0 Å². The van der Waals surface area contributed by atoms with E-state index in [1.54, 1.807) is 0 Å². The van der Waals surface area contributed by atoms with Gasteiger partial charge in [-0.3, -0.25) is 15.0 Å². The van der Waals surface area contributed by atoms with E-state index >= 15 is 0 Å². The zero-order valence-corrected chi connectivity index (χ0v) is 10.6. The second kappa shape index (κ2) is 4.72. The van der Waals surface area contributed by atoms with Crippen molar-refractivity contribution in [2.45, 2.75) is 51.9 Å². The summed E-state index contributed by atoms with van der Waals surface area (Å²) in [5.41, 5.74) is 0. The molecule has 0 radical (unpaired) electrons. The maximum Gasteiger partial charge on any atom is 0.240 e. The highest BCUT2D eigenvalue weighted by Crippen LogP contribution is 2.26. The molecule has 1 saturated carbocycles. The summed E-state index contributed by atoms with van der Waals surface area (Å²) in [4.78, 5) is 16.3. The predicted octanol–water partition coefficient (Wildman–Crippen LogP) is 0.637. The molecule has 92 valence electrons. The summed E-state index contributed by atoms with van der Waals surface area (Å²) in [5, 5.41) is 3.26. The van der Waals surface area contributed by atoms with E-state index < -0.39 is 0 Å². The Hall–Kier alpha value is -0.610. The fourth-order valence-corrected chi connectivity index (χ4v) is 2.54. The first-order valence-corrected chi connectivity index (χ1v) is 6.44. The largest absolute Gasteiger partial charge is 0.325 e. The van der Waals surface area contributed by atoms with Gasteiger partial charge in [0.2, 0.25) is 5.91 Å². The van der Waals surface area contributed by atoms with Crippen molar-refractivity contribution in [3.63, 3.8) is 0 Å². The van der Waals surface area contributed by atoms with Crippen LogP contribution in [0.4, 0.5) is 0 Å². The normalized spacial score (nSPS) is 30.5. The van der Waals surface area contributed by atoms with Crippen LogP contribution in [0.5, 0.6) is 0 Å². The number of carbonyl (C=O) groups excluding carboxylic acids is 1. The molecule has 2 fully saturated rings. The molecule has 2 rings (SSSR count). The minimum absolute atomic E-state index is 0.00833. The Balaban J connectivity index is 1.82. The summed E-state index contributed by atoms with van der Waals surface area (Å²) in [5.74, 6) is 0.249. The van der Waals surface area contributed by atoms with Crippen LogP contribution in [-0.4, -0.2) is 53.6 Å². The van der Waals surface area contributed by atoms with E-state index in [1.807, 2.05) is 11.8 Å². The zero-order valence-electron chi connectivity index (χ0n) is 10.6. The quantitative estimate of drug-likeness (QED) is 0.746. The zero-order chi connectivity index (χ0) is 11.7. The monoisotopic (exact) mass is 225 g/mol. The maximum atomic E-state index is 11.8. The molecule has 0 bridgehead atoms. The molecule has 16 heavy (non-hydrogen) atoms. The van der Waals surface area contributed by atoms with Crippen molar-refractivity contribution >= 4 is 5.91 Å². The summed E-state index contributed by atoms with van der Waals surface area (Å²) in [6.07, 6.45) is 2.87. The minimum Gasteiger partial charge on any atom is -0.325 e. The van der Waals surface area contributed by atoms with E-state index in [2.05, 4.69) is 24.1 Å². The molecule has 1 N–H and O–H groups in total. The van der Waals surface area contributed by atoms with Gasteiger partial charge in [0.15, 0.2) is 0 Å². The highest BCUT2D eigenvalue weighted by molar-refractivity contribution is 5.83. The number of rotatable bonds is 5. The van der Waals surface area contributed by atoms with Crippen LogP contribution in [0.1, 0.15) is 33.6 Å². The molecule has 1 aliphatic heterocycles. The number of nitrogens with zero attached hydrogens (tertiary/aromatic N) is 2. The topological polar surface area (TPSA) is 35.6 Å². The molecule has 4 nitrogen and oxygen atoms in total. The molecule has 1 aliphatic carbocycles. The molecular formula is C12H23N3O. The van der Waals surface area contributed by atoms with Gasteiger partial charge in [-0.25, -0.2) is 0 Å². The Morgan fingerprint density at radius 2 is 2.12 bits per heavy atom. The second-order valence-corrected chi connectivity index (χ2v) is 4.96. The lowest BCUT2D eigenvalue weighted by molar-refractivity contribution is -0.129. The SMILES string of the molecule is CCN(CCN1C(=O)C(C)NC1C)C1CC1. The van der Waals surface area contributed by atoms with Gasteiger partial charge in [-0.15, -0.1) is 0 Å². The Kier molecular flexibility index (Phi) is 3.50. The number of nitrogens with one attached hydrogen (secondary N) is 1. The van der Waals surface area contributed by atoms with Gasteiger partial charge in [-0.05, 0) is 33.2 Å². The average molecular weight is 225 g/mol. The van der Waals surface area contributed by atoms with Crippen molar-refractivity contribution in [2.75, 3.05) is 19.6 Å². The van der Waals surface area contributed by atoms with Gasteiger partial charge < -0.3 is 4.90 Å². The minimum atomic E-state index is -0.00833. The number of likely N-dealkylation sites (N-methyl/N-ethyl adjacent to an activating group) is 1. The first-order chi connectivity index (χ1) is 7.63. The van der Waals surface area contributed by atoms with Crippen LogP contribution in [0, 0.1) is 0 Å². The number of hydrogen-bond acceptors (Lipinski definition) is 3. The summed E-state index contributed by atoms with van der Waals surface area (Å²) in [6.45, 7) is 9.19. The third kappa shape index (κ3) is 2.38. The number of carbonyl (C=O) groups is 1. The van der Waals surface area contributed by atoms with Crippen LogP contribution < -0.4 is 5.32 Å². The molecule has 2 unspecified atom stereocenters. The lowest BCUT2D eigenvalue weighted by atomic mass is 10.3. The van der Waals surface area contributed by atoms with Crippen molar-refractivity contribution in [1.29, 1.82) is 0 Å². The molecular weight excluding hydrogens is 202 g/mol. The fourth-order valence-electron chi connectivity index (χ4n) is 2.54. The van der Waals surface area contributed by atoms with E-state index in [-0.39, 0.29) is 18.1 Å². The maximum absolute atomic E-state index is 11.8. The molecule has 1 saturated heterocycles. The van der Waals surface area contributed by atoms with Gasteiger partial charge in [0, 0.05) is 19.1 Å². The highest BCUT2D eigenvalue weighted by atomic mass is 16.2. The third-order valence-corrected chi connectivity index (χ3v) is 3.71. The molecule has 4 heteroatoms. The summed E-state index contributed by atoms with van der Waals surface area (Å²) in [7, 11) is 0. The highest BCUT2D eigenvalue weighted by Gasteiger charge is 2.34. The molecule has 1 amide bonds. The van der Waals surface area contributed by atoms with E-state index in [9.17, 15) is 4.79 Å². The molecule has 2 atom stereocenters. The molecule has 1 heterocycles. The van der Waals surface area contributed by atoms with E-state index in [1.165, 1.54) is 12.8 Å². The molecule has 0 aromatic heterocycles. The van der Waals surface area contributed by atoms with Gasteiger partial charge in [0.1, 0.15) is 0 Å². The summed E-state index contributed by atoms with van der Waals surface area (Å²) < 4.78 is 0. The van der Waals surface area contributed by atoms with Crippen molar-refractivity contribution < 1.29 is 4.79 Å². The lowest BCUT2D eigenvalue weighted by Gasteiger charge is -2.26. The third-order valence-electron chi connectivity index (χ3n) is 3.71. The Morgan fingerprint density at radius 1 is 1.44 bits per heavy atom. The van der Waals surface area contributed by atoms with Gasteiger partial charge in [0.25, 0.3) is 0 Å². The van der Waals surface area contributed by atoms with Crippen LogP contribution in [0.25, 0.3) is 0 Å². The van der Waals surface area contributed by atoms with Gasteiger partial charge in [0.05, 0.1) is 12.2 Å². The van der Waals surface area contributed by atoms with Crippen LogP contribution in [0.2, 0.25) is 0 Å². The summed E-state index contributed by atoms with van der Waals surface area (Å²) in [6, 6.07) is 0.786. The first kappa shape index (κ1) is 11.9. The van der Waals surface area contributed by atoms with Gasteiger partial charge >= 0.3 is 0 Å². The number of amides is 1. The van der Waals surface area contributed by atoms with Crippen molar-refractivity contribution in [3.05, 3.63) is 0 Å². The molecule has 2 aliphatic rings. The first-order valence-electron chi connectivity index (χ1n) is 6.44. The van der Waals surface area contributed by atoms with Crippen molar-refractivity contribution in [3.8, 4) is 0 Å².